The highest BCUT2D eigenvalue weighted by atomic mass is 16.5. The summed E-state index contributed by atoms with van der Waals surface area (Å²) in [7, 11) is 1.61. The molecule has 5 rings (SSSR count). The average Bonchev–Trinajstić information content (AvgIpc) is 3.35. The minimum absolute atomic E-state index is 0.193. The van der Waals surface area contributed by atoms with E-state index in [1.165, 1.54) is 0 Å². The Kier molecular flexibility index (Phi) is 7.20. The predicted molar refractivity (Wildman–Crippen MR) is 149 cm³/mol. The third-order valence-corrected chi connectivity index (χ3v) is 7.25. The van der Waals surface area contributed by atoms with E-state index in [1.807, 2.05) is 36.8 Å². The van der Waals surface area contributed by atoms with Crippen LogP contribution in [0.1, 0.15) is 49.3 Å². The zero-order valence-corrected chi connectivity index (χ0v) is 22.0. The third kappa shape index (κ3) is 5.15. The molecular formula is C29H34N6O3. The Balaban J connectivity index is 1.61. The van der Waals surface area contributed by atoms with Crippen LogP contribution in [0.15, 0.2) is 53.9 Å². The number of aryl methyl sites for hydroxylation is 2. The maximum atomic E-state index is 10.0. The average molecular weight is 515 g/mol. The van der Waals surface area contributed by atoms with Crippen LogP contribution >= 0.6 is 0 Å². The van der Waals surface area contributed by atoms with Crippen LogP contribution in [0.25, 0.3) is 16.6 Å². The molecule has 1 fully saturated rings. The number of aromatic nitrogens is 3. The number of hydrogen-bond acceptors (Lipinski definition) is 7. The number of methoxy groups -OCH3 is 1. The van der Waals surface area contributed by atoms with Crippen molar-refractivity contribution in [1.82, 2.24) is 14.6 Å². The Bertz CT molecular complexity index is 1490. The van der Waals surface area contributed by atoms with Crippen molar-refractivity contribution >= 4 is 22.7 Å². The van der Waals surface area contributed by atoms with Gasteiger partial charge < -0.3 is 26.0 Å². The van der Waals surface area contributed by atoms with Crippen LogP contribution in [0.5, 0.6) is 11.6 Å². The van der Waals surface area contributed by atoms with Gasteiger partial charge in [-0.15, -0.1) is 0 Å². The number of hydrogen-bond donors (Lipinski definition) is 4. The van der Waals surface area contributed by atoms with Gasteiger partial charge in [-0.25, -0.2) is 14.5 Å². The number of phenolic OH excluding ortho intramolecular Hbond substituents is 1. The van der Waals surface area contributed by atoms with Crippen molar-refractivity contribution in [1.29, 1.82) is 0 Å². The van der Waals surface area contributed by atoms with Gasteiger partial charge >= 0.3 is 0 Å². The lowest BCUT2D eigenvalue weighted by Crippen LogP contribution is -2.29. The molecule has 1 aromatic carbocycles. The lowest BCUT2D eigenvalue weighted by molar-refractivity contribution is 0.126. The van der Waals surface area contributed by atoms with Crippen LogP contribution in [0.3, 0.4) is 0 Å². The minimum Gasteiger partial charge on any atom is -0.508 e. The van der Waals surface area contributed by atoms with E-state index >= 15 is 0 Å². The molecule has 0 saturated heterocycles. The molecule has 3 heterocycles. The number of nitrogens with two attached hydrogens (primary N) is 1. The van der Waals surface area contributed by atoms with Gasteiger partial charge in [0.15, 0.2) is 0 Å². The van der Waals surface area contributed by atoms with Gasteiger partial charge in [0.2, 0.25) is 5.88 Å². The van der Waals surface area contributed by atoms with E-state index in [0.717, 1.165) is 59.1 Å². The predicted octanol–water partition coefficient (Wildman–Crippen LogP) is 4.73. The molecule has 198 valence electrons. The molecule has 0 unspecified atom stereocenters. The Labute approximate surface area is 222 Å². The van der Waals surface area contributed by atoms with Crippen molar-refractivity contribution < 1.29 is 14.9 Å². The van der Waals surface area contributed by atoms with Gasteiger partial charge in [-0.2, -0.15) is 5.10 Å². The smallest absolute Gasteiger partial charge is 0.213 e. The number of phenols is 1. The maximum absolute atomic E-state index is 10.0. The van der Waals surface area contributed by atoms with E-state index in [9.17, 15) is 10.2 Å². The Morgan fingerprint density at radius 1 is 1.18 bits per heavy atom. The second-order valence-electron chi connectivity index (χ2n) is 9.85. The fraction of sp³-hybridized carbons (Fsp3) is 0.345. The van der Waals surface area contributed by atoms with E-state index < -0.39 is 0 Å². The summed E-state index contributed by atoms with van der Waals surface area (Å²) in [6.07, 6.45) is 9.23. The van der Waals surface area contributed by atoms with Crippen molar-refractivity contribution in [3.05, 3.63) is 65.6 Å². The van der Waals surface area contributed by atoms with Gasteiger partial charge in [-0.05, 0) is 74.4 Å². The lowest BCUT2D eigenvalue weighted by atomic mass is 9.93. The number of aliphatic imine (C=N–C) groups is 1. The molecule has 0 spiro atoms. The third-order valence-electron chi connectivity index (χ3n) is 7.25. The first-order valence-corrected chi connectivity index (χ1v) is 13.0. The molecule has 0 bridgehead atoms. The van der Waals surface area contributed by atoms with Crippen molar-refractivity contribution in [3.8, 4) is 22.8 Å². The highest BCUT2D eigenvalue weighted by molar-refractivity contribution is 6.06. The van der Waals surface area contributed by atoms with Crippen LogP contribution in [-0.4, -0.2) is 49.9 Å². The largest absolute Gasteiger partial charge is 0.508 e. The van der Waals surface area contributed by atoms with Gasteiger partial charge in [-0.3, -0.25) is 0 Å². The highest BCUT2D eigenvalue weighted by Gasteiger charge is 2.23. The zero-order chi connectivity index (χ0) is 26.8. The summed E-state index contributed by atoms with van der Waals surface area (Å²) in [6.45, 7) is 4.04. The van der Waals surface area contributed by atoms with Gasteiger partial charge in [0.05, 0.1) is 41.9 Å². The van der Waals surface area contributed by atoms with E-state index in [1.54, 1.807) is 31.5 Å². The molecule has 9 nitrogen and oxygen atoms in total. The van der Waals surface area contributed by atoms with Crippen molar-refractivity contribution in [2.75, 3.05) is 12.4 Å². The summed E-state index contributed by atoms with van der Waals surface area (Å²) in [5.74, 6) is 1.11. The number of fused-ring (bicyclic) bond motifs is 1. The van der Waals surface area contributed by atoms with Gasteiger partial charge in [-0.1, -0.05) is 6.92 Å². The van der Waals surface area contributed by atoms with E-state index in [0.29, 0.717) is 29.4 Å². The molecular weight excluding hydrogens is 480 g/mol. The Hall–Kier alpha value is -4.11. The minimum atomic E-state index is -0.246. The molecule has 1 aliphatic rings. The number of aliphatic hydroxyl groups is 1. The van der Waals surface area contributed by atoms with Crippen LogP contribution < -0.4 is 15.8 Å². The number of pyridine rings is 1. The number of aliphatic hydroxyl groups excluding tert-OH is 1. The first kappa shape index (κ1) is 25.5. The fourth-order valence-corrected chi connectivity index (χ4v) is 5.07. The van der Waals surface area contributed by atoms with Gasteiger partial charge in [0.1, 0.15) is 11.6 Å². The second-order valence-corrected chi connectivity index (χ2v) is 9.85. The van der Waals surface area contributed by atoms with E-state index in [2.05, 4.69) is 21.5 Å². The van der Waals surface area contributed by atoms with Crippen molar-refractivity contribution in [3.63, 3.8) is 0 Å². The molecule has 0 amide bonds. The maximum Gasteiger partial charge on any atom is 0.213 e. The summed E-state index contributed by atoms with van der Waals surface area (Å²) in [5, 5.41) is 28.3. The topological polar surface area (TPSA) is 130 Å². The molecule has 9 heteroatoms. The summed E-state index contributed by atoms with van der Waals surface area (Å²) < 4.78 is 7.11. The summed E-state index contributed by atoms with van der Waals surface area (Å²) in [6, 6.07) is 9.29. The number of nitrogens with zero attached hydrogens (tertiary/aromatic N) is 4. The molecule has 1 saturated carbocycles. The number of nitrogens with one attached hydrogen (secondary N) is 1. The van der Waals surface area contributed by atoms with Gasteiger partial charge in [0, 0.05) is 35.6 Å². The number of ether oxygens (including phenoxy) is 1. The molecule has 1 aliphatic carbocycles. The molecule has 3 aromatic heterocycles. The van der Waals surface area contributed by atoms with Crippen LogP contribution in [-0.2, 0) is 6.42 Å². The highest BCUT2D eigenvalue weighted by Crippen LogP contribution is 2.33. The summed E-state index contributed by atoms with van der Waals surface area (Å²) >= 11 is 0. The zero-order valence-electron chi connectivity index (χ0n) is 22.0. The molecule has 0 aliphatic heterocycles. The standard InChI is InChI=1S/C29H34N6O3/c1-4-18-12-22(37)9-10-25(18)34-29(30)24-15-32-35-16-19(23-14-31-27(38-3)11-17(23)2)13-26(35)28(24)33-20-5-7-21(36)8-6-20/h9-16,20-21,33,36-37H,4-8H2,1-3H3,(H2,30,34). The van der Waals surface area contributed by atoms with Crippen molar-refractivity contribution in [2.45, 2.75) is 58.1 Å². The first-order chi connectivity index (χ1) is 18.4. The van der Waals surface area contributed by atoms with Gasteiger partial charge in [0.25, 0.3) is 0 Å². The number of anilines is 1. The molecule has 0 radical (unpaired) electrons. The van der Waals surface area contributed by atoms with Crippen LogP contribution in [0.2, 0.25) is 0 Å². The molecule has 0 atom stereocenters. The van der Waals surface area contributed by atoms with E-state index in [4.69, 9.17) is 15.5 Å². The molecule has 5 N–H and O–H groups in total. The van der Waals surface area contributed by atoms with E-state index in [-0.39, 0.29) is 17.9 Å². The van der Waals surface area contributed by atoms with Crippen molar-refractivity contribution in [2.24, 2.45) is 10.7 Å². The number of rotatable bonds is 7. The quantitative estimate of drug-likeness (QED) is 0.207. The summed E-state index contributed by atoms with van der Waals surface area (Å²) in [4.78, 5) is 9.14. The SMILES string of the molecule is CCc1cc(O)ccc1N=C(N)c1cnn2cc(-c3cnc(OC)cc3C)cc2c1NC1CCC(O)CC1. The number of amidine groups is 1. The molecule has 4 aromatic rings. The normalized spacial score (nSPS) is 18.1. The first-order valence-electron chi connectivity index (χ1n) is 13.0. The van der Waals surface area contributed by atoms with Crippen LogP contribution in [0.4, 0.5) is 11.4 Å². The Morgan fingerprint density at radius 3 is 2.68 bits per heavy atom. The monoisotopic (exact) mass is 514 g/mol. The molecule has 38 heavy (non-hydrogen) atoms. The number of benzene rings is 1. The van der Waals surface area contributed by atoms with Crippen LogP contribution in [0, 0.1) is 6.92 Å². The number of aromatic hydroxyl groups is 1. The fourth-order valence-electron chi connectivity index (χ4n) is 5.07. The summed E-state index contributed by atoms with van der Waals surface area (Å²) in [5.41, 5.74) is 13.7. The Morgan fingerprint density at radius 2 is 1.97 bits per heavy atom. The lowest BCUT2D eigenvalue weighted by Gasteiger charge is -2.28. The second kappa shape index (κ2) is 10.7.